The summed E-state index contributed by atoms with van der Waals surface area (Å²) in [6, 6.07) is 3.57. The summed E-state index contributed by atoms with van der Waals surface area (Å²) in [7, 11) is 1.61. The van der Waals surface area contributed by atoms with Crippen LogP contribution >= 0.6 is 0 Å². The van der Waals surface area contributed by atoms with Crippen molar-refractivity contribution in [3.63, 3.8) is 0 Å². The second kappa shape index (κ2) is 7.95. The Morgan fingerprint density at radius 2 is 2.10 bits per heavy atom. The molecule has 1 aliphatic heterocycles. The number of rotatable bonds is 5. The van der Waals surface area contributed by atoms with Gasteiger partial charge in [0, 0.05) is 38.1 Å². The molecule has 0 spiro atoms. The molecule has 0 radical (unpaired) electrons. The standard InChI is InChI=1S/C19H21N7O4/c1-25-9-13(16(24-25)17(20)28)22-18(29)14-10-30-19(23-14)11-2-5-21-15(8-11)26-6-3-12(27)4-7-26/h2,5,8-10,12,27H,3-4,6-7H2,1H3,(H2,20,28)(H,22,29). The Kier molecular flexibility index (Phi) is 5.19. The molecule has 11 nitrogen and oxygen atoms in total. The number of hydrogen-bond acceptors (Lipinski definition) is 8. The summed E-state index contributed by atoms with van der Waals surface area (Å²) >= 11 is 0. The van der Waals surface area contributed by atoms with Gasteiger partial charge in [-0.25, -0.2) is 9.97 Å². The number of nitrogens with one attached hydrogen (secondary N) is 1. The summed E-state index contributed by atoms with van der Waals surface area (Å²) in [5, 5.41) is 16.2. The van der Waals surface area contributed by atoms with Crippen molar-refractivity contribution in [2.24, 2.45) is 12.8 Å². The lowest BCUT2D eigenvalue weighted by Crippen LogP contribution is -2.36. The molecule has 4 heterocycles. The van der Waals surface area contributed by atoms with Crippen LogP contribution in [0, 0.1) is 0 Å². The number of primary amides is 1. The van der Waals surface area contributed by atoms with E-state index < -0.39 is 11.8 Å². The third-order valence-corrected chi connectivity index (χ3v) is 4.83. The monoisotopic (exact) mass is 411 g/mol. The van der Waals surface area contributed by atoms with Crippen molar-refractivity contribution in [1.82, 2.24) is 19.7 Å². The van der Waals surface area contributed by atoms with E-state index >= 15 is 0 Å². The quantitative estimate of drug-likeness (QED) is 0.557. The van der Waals surface area contributed by atoms with Crippen LogP contribution in [0.15, 0.2) is 35.2 Å². The highest BCUT2D eigenvalue weighted by atomic mass is 16.3. The first-order chi connectivity index (χ1) is 14.4. The number of carbonyl (C=O) groups excluding carboxylic acids is 2. The molecule has 3 aromatic rings. The zero-order valence-corrected chi connectivity index (χ0v) is 16.3. The number of aliphatic hydroxyl groups excluding tert-OH is 1. The second-order valence-electron chi connectivity index (χ2n) is 7.04. The molecule has 1 saturated heterocycles. The molecule has 0 saturated carbocycles. The van der Waals surface area contributed by atoms with Crippen LogP contribution in [0.1, 0.15) is 33.8 Å². The van der Waals surface area contributed by atoms with Gasteiger partial charge in [-0.05, 0) is 25.0 Å². The van der Waals surface area contributed by atoms with Gasteiger partial charge in [0.15, 0.2) is 11.4 Å². The van der Waals surface area contributed by atoms with Crippen molar-refractivity contribution < 1.29 is 19.1 Å². The molecule has 1 fully saturated rings. The lowest BCUT2D eigenvalue weighted by molar-refractivity contribution is 0.0995. The number of hydrogen-bond donors (Lipinski definition) is 3. The van der Waals surface area contributed by atoms with Crippen molar-refractivity contribution in [2.75, 3.05) is 23.3 Å². The third-order valence-electron chi connectivity index (χ3n) is 4.83. The van der Waals surface area contributed by atoms with Gasteiger partial charge in [0.2, 0.25) is 5.89 Å². The zero-order chi connectivity index (χ0) is 21.3. The summed E-state index contributed by atoms with van der Waals surface area (Å²) in [6.07, 6.45) is 5.47. The number of aryl methyl sites for hydroxylation is 1. The predicted octanol–water partition coefficient (Wildman–Crippen LogP) is 0.782. The van der Waals surface area contributed by atoms with Gasteiger partial charge in [-0.1, -0.05) is 0 Å². The van der Waals surface area contributed by atoms with E-state index in [-0.39, 0.29) is 29.1 Å². The topological polar surface area (TPSA) is 152 Å². The predicted molar refractivity (Wildman–Crippen MR) is 107 cm³/mol. The summed E-state index contributed by atoms with van der Waals surface area (Å²) < 4.78 is 6.86. The number of nitrogens with two attached hydrogens (primary N) is 1. The summed E-state index contributed by atoms with van der Waals surface area (Å²) in [6.45, 7) is 1.42. The maximum atomic E-state index is 12.5. The first kappa shape index (κ1) is 19.6. The van der Waals surface area contributed by atoms with E-state index in [9.17, 15) is 14.7 Å². The van der Waals surface area contributed by atoms with Gasteiger partial charge < -0.3 is 25.5 Å². The number of pyridine rings is 1. The molecule has 0 aromatic carbocycles. The van der Waals surface area contributed by atoms with Gasteiger partial charge >= 0.3 is 0 Å². The molecule has 0 bridgehead atoms. The number of aliphatic hydroxyl groups is 1. The van der Waals surface area contributed by atoms with E-state index in [4.69, 9.17) is 10.2 Å². The Bertz CT molecular complexity index is 1080. The number of piperidine rings is 1. The Hall–Kier alpha value is -3.73. The summed E-state index contributed by atoms with van der Waals surface area (Å²) in [4.78, 5) is 34.7. The van der Waals surface area contributed by atoms with Gasteiger partial charge in [0.05, 0.1) is 11.8 Å². The van der Waals surface area contributed by atoms with Gasteiger partial charge in [0.25, 0.3) is 11.8 Å². The van der Waals surface area contributed by atoms with E-state index in [1.54, 1.807) is 19.3 Å². The molecule has 0 aliphatic carbocycles. The Morgan fingerprint density at radius 1 is 1.33 bits per heavy atom. The van der Waals surface area contributed by atoms with Crippen LogP contribution < -0.4 is 16.0 Å². The van der Waals surface area contributed by atoms with E-state index in [1.165, 1.54) is 17.1 Å². The number of aromatic nitrogens is 4. The van der Waals surface area contributed by atoms with Crippen LogP contribution in [0.2, 0.25) is 0 Å². The van der Waals surface area contributed by atoms with Crippen LogP contribution in [0.3, 0.4) is 0 Å². The van der Waals surface area contributed by atoms with Gasteiger partial charge in [-0.2, -0.15) is 5.10 Å². The Balaban J connectivity index is 1.51. The highest BCUT2D eigenvalue weighted by molar-refractivity contribution is 6.07. The van der Waals surface area contributed by atoms with E-state index in [1.807, 2.05) is 6.07 Å². The maximum Gasteiger partial charge on any atom is 0.277 e. The molecule has 4 rings (SSSR count). The lowest BCUT2D eigenvalue weighted by Gasteiger charge is -2.30. The second-order valence-corrected chi connectivity index (χ2v) is 7.04. The fourth-order valence-corrected chi connectivity index (χ4v) is 3.28. The molecule has 4 N–H and O–H groups in total. The van der Waals surface area contributed by atoms with Crippen molar-refractivity contribution >= 4 is 23.3 Å². The zero-order valence-electron chi connectivity index (χ0n) is 16.3. The number of carbonyl (C=O) groups is 2. The third kappa shape index (κ3) is 4.01. The summed E-state index contributed by atoms with van der Waals surface area (Å²) in [5.74, 6) is -0.284. The number of amides is 2. The molecule has 11 heteroatoms. The van der Waals surface area contributed by atoms with Crippen LogP contribution in [-0.2, 0) is 7.05 Å². The minimum absolute atomic E-state index is 0.0417. The SMILES string of the molecule is Cn1cc(NC(=O)c2coc(-c3ccnc(N4CCC(O)CC4)c3)n2)c(C(N)=O)n1. The maximum absolute atomic E-state index is 12.5. The molecular formula is C19H21N7O4. The van der Waals surface area contributed by atoms with Crippen molar-refractivity contribution in [1.29, 1.82) is 0 Å². The normalized spacial score (nSPS) is 14.7. The Morgan fingerprint density at radius 3 is 2.83 bits per heavy atom. The van der Waals surface area contributed by atoms with Crippen LogP contribution in [0.4, 0.5) is 11.5 Å². The highest BCUT2D eigenvalue weighted by Crippen LogP contribution is 2.25. The molecule has 156 valence electrons. The fourth-order valence-electron chi connectivity index (χ4n) is 3.28. The average Bonchev–Trinajstić information content (AvgIpc) is 3.36. The van der Waals surface area contributed by atoms with Crippen LogP contribution in [0.25, 0.3) is 11.5 Å². The van der Waals surface area contributed by atoms with E-state index in [2.05, 4.69) is 25.3 Å². The smallest absolute Gasteiger partial charge is 0.277 e. The fraction of sp³-hybridized carbons (Fsp3) is 0.316. The number of nitrogens with zero attached hydrogens (tertiary/aromatic N) is 5. The minimum atomic E-state index is -0.749. The van der Waals surface area contributed by atoms with E-state index in [0.717, 1.165) is 5.82 Å². The largest absolute Gasteiger partial charge is 0.444 e. The van der Waals surface area contributed by atoms with Crippen LogP contribution in [0.5, 0.6) is 0 Å². The Labute approximate surface area is 171 Å². The van der Waals surface area contributed by atoms with Crippen LogP contribution in [-0.4, -0.2) is 55.9 Å². The first-order valence-corrected chi connectivity index (χ1v) is 9.40. The molecule has 1 aliphatic rings. The van der Waals surface area contributed by atoms with Gasteiger partial charge in [-0.15, -0.1) is 0 Å². The lowest BCUT2D eigenvalue weighted by atomic mass is 10.1. The molecular weight excluding hydrogens is 390 g/mol. The first-order valence-electron chi connectivity index (χ1n) is 9.40. The van der Waals surface area contributed by atoms with Crippen molar-refractivity contribution in [3.05, 3.63) is 42.2 Å². The number of anilines is 2. The molecule has 3 aromatic heterocycles. The van der Waals surface area contributed by atoms with Crippen molar-refractivity contribution in [2.45, 2.75) is 18.9 Å². The number of oxazole rings is 1. The van der Waals surface area contributed by atoms with Gasteiger partial charge in [0.1, 0.15) is 12.1 Å². The highest BCUT2D eigenvalue weighted by Gasteiger charge is 2.21. The van der Waals surface area contributed by atoms with Crippen molar-refractivity contribution in [3.8, 4) is 11.5 Å². The molecule has 0 unspecified atom stereocenters. The molecule has 2 amide bonds. The van der Waals surface area contributed by atoms with E-state index in [0.29, 0.717) is 31.5 Å². The molecule has 30 heavy (non-hydrogen) atoms. The minimum Gasteiger partial charge on any atom is -0.444 e. The summed E-state index contributed by atoms with van der Waals surface area (Å²) in [5.41, 5.74) is 6.15. The average molecular weight is 411 g/mol. The molecule has 0 atom stereocenters. The van der Waals surface area contributed by atoms with Gasteiger partial charge in [-0.3, -0.25) is 14.3 Å².